The molecule has 0 fully saturated rings. The molecule has 1 amide bonds. The van der Waals surface area contributed by atoms with E-state index >= 15 is 0 Å². The molecule has 0 radical (unpaired) electrons. The summed E-state index contributed by atoms with van der Waals surface area (Å²) in [6.45, 7) is 12.6. The molecule has 2 rings (SSSR count). The Morgan fingerprint density at radius 2 is 1.81 bits per heavy atom. The molecule has 31 heavy (non-hydrogen) atoms. The highest BCUT2D eigenvalue weighted by Crippen LogP contribution is 2.20. The van der Waals surface area contributed by atoms with Gasteiger partial charge in [-0.15, -0.1) is 0 Å². The van der Waals surface area contributed by atoms with Crippen molar-refractivity contribution in [2.45, 2.75) is 60.6 Å². The average molecular weight is 422 g/mol. The van der Waals surface area contributed by atoms with Crippen molar-refractivity contribution < 1.29 is 14.3 Å². The highest BCUT2D eigenvalue weighted by molar-refractivity contribution is 6.01. The largest absolute Gasteiger partial charge is 0.448 e. The second-order valence-corrected chi connectivity index (χ2v) is 8.23. The third-order valence-corrected chi connectivity index (χ3v) is 5.16. The number of carbonyl (C=O) groups excluding carboxylic acids is 2. The highest BCUT2D eigenvalue weighted by Gasteiger charge is 2.21. The number of carbonyl (C=O) groups is 2. The molecule has 1 heterocycles. The molecule has 2 aromatic rings. The van der Waals surface area contributed by atoms with Crippen molar-refractivity contribution in [1.29, 1.82) is 5.26 Å². The van der Waals surface area contributed by atoms with Crippen LogP contribution in [0.5, 0.6) is 0 Å². The Balaban J connectivity index is 2.10. The third-order valence-electron chi connectivity index (χ3n) is 5.16. The Labute approximate surface area is 184 Å². The van der Waals surface area contributed by atoms with E-state index in [0.717, 1.165) is 35.5 Å². The second-order valence-electron chi connectivity index (χ2n) is 8.23. The lowest BCUT2D eigenvalue weighted by atomic mass is 10.1. The number of nitrogens with zero attached hydrogens (tertiary/aromatic N) is 2. The van der Waals surface area contributed by atoms with E-state index in [2.05, 4.69) is 23.7 Å². The molecular formula is C25H31N3O3. The molecule has 1 aromatic heterocycles. The first-order valence-electron chi connectivity index (χ1n) is 10.5. The zero-order valence-electron chi connectivity index (χ0n) is 19.2. The molecule has 6 nitrogen and oxygen atoms in total. The first kappa shape index (κ1) is 23.9. The number of rotatable bonds is 8. The van der Waals surface area contributed by atoms with Gasteiger partial charge in [-0.05, 0) is 69.9 Å². The normalized spacial score (nSPS) is 12.4. The summed E-state index contributed by atoms with van der Waals surface area (Å²) < 4.78 is 7.42. The lowest BCUT2D eigenvalue weighted by molar-refractivity contribution is -0.148. The summed E-state index contributed by atoms with van der Waals surface area (Å²) in [5, 5.41) is 12.2. The van der Waals surface area contributed by atoms with Gasteiger partial charge in [0.25, 0.3) is 5.91 Å². The molecule has 6 heteroatoms. The van der Waals surface area contributed by atoms with Crippen LogP contribution in [0.4, 0.5) is 5.69 Å². The molecule has 0 aliphatic rings. The number of ether oxygens (including phenoxy) is 1. The van der Waals surface area contributed by atoms with Crippen LogP contribution in [0.3, 0.4) is 0 Å². The van der Waals surface area contributed by atoms with E-state index in [4.69, 9.17) is 4.74 Å². The van der Waals surface area contributed by atoms with Gasteiger partial charge in [0.1, 0.15) is 11.6 Å². The van der Waals surface area contributed by atoms with Gasteiger partial charge in [-0.2, -0.15) is 5.26 Å². The van der Waals surface area contributed by atoms with E-state index in [-0.39, 0.29) is 5.57 Å². The third kappa shape index (κ3) is 6.58. The summed E-state index contributed by atoms with van der Waals surface area (Å²) >= 11 is 0. The highest BCUT2D eigenvalue weighted by atomic mass is 16.5. The van der Waals surface area contributed by atoms with Crippen molar-refractivity contribution in [2.24, 2.45) is 5.92 Å². The molecule has 0 aliphatic carbocycles. The minimum atomic E-state index is -1.04. The van der Waals surface area contributed by atoms with Crippen LogP contribution in [-0.4, -0.2) is 22.5 Å². The van der Waals surface area contributed by atoms with Crippen LogP contribution in [0, 0.1) is 38.0 Å². The van der Waals surface area contributed by atoms with Crippen LogP contribution < -0.4 is 5.32 Å². The van der Waals surface area contributed by atoms with Crippen molar-refractivity contribution in [3.63, 3.8) is 0 Å². The summed E-state index contributed by atoms with van der Waals surface area (Å²) in [4.78, 5) is 24.8. The van der Waals surface area contributed by atoms with Gasteiger partial charge in [-0.25, -0.2) is 4.79 Å². The number of esters is 1. The van der Waals surface area contributed by atoms with E-state index in [1.54, 1.807) is 12.1 Å². The van der Waals surface area contributed by atoms with Gasteiger partial charge in [0.15, 0.2) is 6.10 Å². The van der Waals surface area contributed by atoms with Crippen LogP contribution in [0.1, 0.15) is 49.7 Å². The Morgan fingerprint density at radius 3 is 2.39 bits per heavy atom. The first-order chi connectivity index (χ1) is 14.6. The maximum Gasteiger partial charge on any atom is 0.349 e. The smallest absolute Gasteiger partial charge is 0.349 e. The number of hydrogen-bond acceptors (Lipinski definition) is 4. The number of nitrogens with one attached hydrogen (secondary N) is 1. The molecule has 1 atom stereocenters. The molecule has 164 valence electrons. The van der Waals surface area contributed by atoms with Crippen molar-refractivity contribution >= 4 is 23.6 Å². The SMILES string of the molecule is Cc1ccc(NC(=O)[C@H](C)OC(=O)/C(C#N)=C/c2cc(C)n(CCC(C)C)c2C)cc1. The summed E-state index contributed by atoms with van der Waals surface area (Å²) in [6.07, 6.45) is 1.53. The minimum absolute atomic E-state index is 0.140. The van der Waals surface area contributed by atoms with E-state index in [1.165, 1.54) is 13.0 Å². The van der Waals surface area contributed by atoms with E-state index in [9.17, 15) is 14.9 Å². The van der Waals surface area contributed by atoms with Crippen molar-refractivity contribution in [3.8, 4) is 6.07 Å². The molecule has 0 unspecified atom stereocenters. The van der Waals surface area contributed by atoms with Crippen LogP contribution in [-0.2, 0) is 20.9 Å². The molecule has 0 aliphatic heterocycles. The fourth-order valence-electron chi connectivity index (χ4n) is 3.16. The van der Waals surface area contributed by atoms with Gasteiger partial charge in [-0.1, -0.05) is 31.5 Å². The number of aryl methyl sites for hydroxylation is 2. The lowest BCUT2D eigenvalue weighted by Crippen LogP contribution is -2.30. The van der Waals surface area contributed by atoms with Gasteiger partial charge in [0, 0.05) is 23.6 Å². The van der Waals surface area contributed by atoms with Gasteiger partial charge < -0.3 is 14.6 Å². The van der Waals surface area contributed by atoms with Gasteiger partial charge >= 0.3 is 5.97 Å². The van der Waals surface area contributed by atoms with Crippen molar-refractivity contribution in [3.05, 3.63) is 58.4 Å². The number of aromatic nitrogens is 1. The molecule has 1 aromatic carbocycles. The van der Waals surface area contributed by atoms with Crippen LogP contribution in [0.2, 0.25) is 0 Å². The molecule has 0 bridgehead atoms. The predicted molar refractivity (Wildman–Crippen MR) is 122 cm³/mol. The summed E-state index contributed by atoms with van der Waals surface area (Å²) in [5.74, 6) is -0.695. The number of nitriles is 1. The number of amides is 1. The summed E-state index contributed by atoms with van der Waals surface area (Å²) in [5.41, 5.74) is 4.41. The minimum Gasteiger partial charge on any atom is -0.448 e. The lowest BCUT2D eigenvalue weighted by Gasteiger charge is -2.13. The molecule has 1 N–H and O–H groups in total. The Hall–Kier alpha value is -3.33. The average Bonchev–Trinajstić information content (AvgIpc) is 2.98. The fraction of sp³-hybridized carbons (Fsp3) is 0.400. The second kappa shape index (κ2) is 10.6. The quantitative estimate of drug-likeness (QED) is 0.372. The standard InChI is InChI=1S/C25H31N3O3/c1-16(2)11-12-28-18(4)13-21(19(28)5)14-22(15-26)25(30)31-20(6)24(29)27-23-9-7-17(3)8-10-23/h7-10,13-14,16,20H,11-12H2,1-6H3,(H,27,29)/b22-14+/t20-/m0/s1. The van der Waals surface area contributed by atoms with Crippen LogP contribution in [0.15, 0.2) is 35.9 Å². The Bertz CT molecular complexity index is 1010. The number of anilines is 1. The Morgan fingerprint density at radius 1 is 1.16 bits per heavy atom. The van der Waals surface area contributed by atoms with Crippen molar-refractivity contribution in [1.82, 2.24) is 4.57 Å². The maximum atomic E-state index is 12.5. The molecular weight excluding hydrogens is 390 g/mol. The van der Waals surface area contributed by atoms with E-state index < -0.39 is 18.0 Å². The zero-order valence-corrected chi connectivity index (χ0v) is 19.2. The molecule has 0 saturated carbocycles. The van der Waals surface area contributed by atoms with Crippen molar-refractivity contribution in [2.75, 3.05) is 5.32 Å². The topological polar surface area (TPSA) is 84.1 Å². The molecule has 0 saturated heterocycles. The number of hydrogen-bond donors (Lipinski definition) is 1. The number of benzene rings is 1. The van der Waals surface area contributed by atoms with Crippen LogP contribution in [0.25, 0.3) is 6.08 Å². The summed E-state index contributed by atoms with van der Waals surface area (Å²) in [6, 6.07) is 11.2. The van der Waals surface area contributed by atoms with E-state index in [1.807, 2.05) is 45.0 Å². The molecule has 0 spiro atoms. The first-order valence-corrected chi connectivity index (χ1v) is 10.5. The van der Waals surface area contributed by atoms with Gasteiger partial charge in [-0.3, -0.25) is 4.79 Å². The fourth-order valence-corrected chi connectivity index (χ4v) is 3.16. The van der Waals surface area contributed by atoms with Gasteiger partial charge in [0.2, 0.25) is 0 Å². The monoisotopic (exact) mass is 421 g/mol. The van der Waals surface area contributed by atoms with Gasteiger partial charge in [0.05, 0.1) is 0 Å². The van der Waals surface area contributed by atoms with Crippen LogP contribution >= 0.6 is 0 Å². The van der Waals surface area contributed by atoms with E-state index in [0.29, 0.717) is 11.6 Å². The predicted octanol–water partition coefficient (Wildman–Crippen LogP) is 4.94. The Kier molecular flexibility index (Phi) is 8.21. The zero-order chi connectivity index (χ0) is 23.1. The maximum absolute atomic E-state index is 12.5. The summed E-state index contributed by atoms with van der Waals surface area (Å²) in [7, 11) is 0.